The van der Waals surface area contributed by atoms with E-state index >= 15 is 0 Å². The number of piperidine rings is 1. The molecule has 1 heterocycles. The molecule has 0 bridgehead atoms. The first-order valence-corrected chi connectivity index (χ1v) is 7.66. The summed E-state index contributed by atoms with van der Waals surface area (Å²) in [6, 6.07) is 4.86. The number of rotatable bonds is 1. The maximum absolute atomic E-state index is 3.78. The Kier molecular flexibility index (Phi) is 3.53. The van der Waals surface area contributed by atoms with E-state index in [2.05, 4.69) is 33.4 Å². The van der Waals surface area contributed by atoms with E-state index in [0.717, 1.165) is 12.5 Å². The third-order valence-electron chi connectivity index (χ3n) is 4.20. The number of aryl methyl sites for hydroxylation is 1. The standard InChI is InChI=1S/C15H20BrN/c16-15-9-13(12-5-3-7-17-10-12)8-11-4-1-2-6-14(11)15/h8-9,12,17H,1-7,10H2/t12-/m1/s1. The lowest BCUT2D eigenvalue weighted by atomic mass is 9.85. The number of benzene rings is 1. The minimum Gasteiger partial charge on any atom is -0.316 e. The van der Waals surface area contributed by atoms with Crippen LogP contribution in [0.2, 0.25) is 0 Å². The fraction of sp³-hybridized carbons (Fsp3) is 0.600. The van der Waals surface area contributed by atoms with E-state index in [0.29, 0.717) is 0 Å². The quantitative estimate of drug-likeness (QED) is 0.831. The summed E-state index contributed by atoms with van der Waals surface area (Å²) in [6.07, 6.45) is 7.93. The van der Waals surface area contributed by atoms with Gasteiger partial charge in [-0.15, -0.1) is 0 Å². The first kappa shape index (κ1) is 11.7. The van der Waals surface area contributed by atoms with Crippen molar-refractivity contribution in [2.45, 2.75) is 44.4 Å². The maximum atomic E-state index is 3.78. The number of fused-ring (bicyclic) bond motifs is 1. The number of nitrogens with one attached hydrogen (secondary N) is 1. The zero-order valence-electron chi connectivity index (χ0n) is 10.3. The smallest absolute Gasteiger partial charge is 0.0212 e. The topological polar surface area (TPSA) is 12.0 Å². The van der Waals surface area contributed by atoms with Crippen molar-refractivity contribution in [3.63, 3.8) is 0 Å². The van der Waals surface area contributed by atoms with E-state index in [1.165, 1.54) is 49.5 Å². The Bertz CT molecular complexity index is 408. The predicted octanol–water partition coefficient (Wildman–Crippen LogP) is 3.79. The Hall–Kier alpha value is -0.340. The monoisotopic (exact) mass is 293 g/mol. The van der Waals surface area contributed by atoms with Gasteiger partial charge < -0.3 is 5.32 Å². The van der Waals surface area contributed by atoms with Crippen LogP contribution < -0.4 is 5.32 Å². The van der Waals surface area contributed by atoms with Crippen molar-refractivity contribution >= 4 is 15.9 Å². The van der Waals surface area contributed by atoms with Crippen molar-refractivity contribution in [3.05, 3.63) is 33.3 Å². The second-order valence-corrected chi connectivity index (χ2v) is 6.25. The van der Waals surface area contributed by atoms with Gasteiger partial charge in [-0.1, -0.05) is 22.0 Å². The molecule has 0 unspecified atom stereocenters. The van der Waals surface area contributed by atoms with Gasteiger partial charge >= 0.3 is 0 Å². The van der Waals surface area contributed by atoms with Crippen molar-refractivity contribution in [3.8, 4) is 0 Å². The highest BCUT2D eigenvalue weighted by atomic mass is 79.9. The number of hydrogen-bond donors (Lipinski definition) is 1. The SMILES string of the molecule is Brc1cc([C@@H]2CCCNC2)cc2c1CCCC2. The highest BCUT2D eigenvalue weighted by Gasteiger charge is 2.19. The summed E-state index contributed by atoms with van der Waals surface area (Å²) in [7, 11) is 0. The molecule has 1 saturated heterocycles. The van der Waals surface area contributed by atoms with Crippen LogP contribution in [0.5, 0.6) is 0 Å². The van der Waals surface area contributed by atoms with Crippen LogP contribution in [0.4, 0.5) is 0 Å². The molecule has 1 aromatic carbocycles. The largest absolute Gasteiger partial charge is 0.316 e. The average molecular weight is 294 g/mol. The summed E-state index contributed by atoms with van der Waals surface area (Å²) < 4.78 is 1.36. The van der Waals surface area contributed by atoms with Gasteiger partial charge in [0.1, 0.15) is 0 Å². The summed E-state index contributed by atoms with van der Waals surface area (Å²) in [5.41, 5.74) is 4.72. The Morgan fingerprint density at radius 1 is 1.12 bits per heavy atom. The summed E-state index contributed by atoms with van der Waals surface area (Å²) in [5, 5.41) is 3.52. The lowest BCUT2D eigenvalue weighted by Crippen LogP contribution is -2.28. The van der Waals surface area contributed by atoms with Crippen LogP contribution >= 0.6 is 15.9 Å². The Balaban J connectivity index is 1.92. The lowest BCUT2D eigenvalue weighted by molar-refractivity contribution is 0.461. The molecule has 1 nitrogen and oxygen atoms in total. The van der Waals surface area contributed by atoms with Gasteiger partial charge in [0, 0.05) is 11.0 Å². The molecule has 3 rings (SSSR count). The molecule has 1 N–H and O–H groups in total. The van der Waals surface area contributed by atoms with Gasteiger partial charge in [-0.2, -0.15) is 0 Å². The summed E-state index contributed by atoms with van der Waals surface area (Å²) >= 11 is 3.78. The molecule has 0 amide bonds. The second-order valence-electron chi connectivity index (χ2n) is 5.39. The molecule has 0 radical (unpaired) electrons. The maximum Gasteiger partial charge on any atom is 0.0212 e. The Morgan fingerprint density at radius 2 is 2.00 bits per heavy atom. The molecule has 0 aromatic heterocycles. The number of halogens is 1. The number of hydrogen-bond acceptors (Lipinski definition) is 1. The predicted molar refractivity (Wildman–Crippen MR) is 75.6 cm³/mol. The summed E-state index contributed by atoms with van der Waals surface area (Å²) in [6.45, 7) is 2.35. The summed E-state index contributed by atoms with van der Waals surface area (Å²) in [4.78, 5) is 0. The zero-order chi connectivity index (χ0) is 11.7. The Labute approximate surface area is 112 Å². The molecule has 2 heteroatoms. The molecule has 1 aliphatic heterocycles. The molecule has 0 saturated carbocycles. The average Bonchev–Trinajstić information content (AvgIpc) is 2.40. The van der Waals surface area contributed by atoms with Crippen LogP contribution in [0.1, 0.15) is 48.3 Å². The highest BCUT2D eigenvalue weighted by Crippen LogP contribution is 2.33. The van der Waals surface area contributed by atoms with Crippen LogP contribution in [0.15, 0.2) is 16.6 Å². The van der Waals surface area contributed by atoms with Crippen LogP contribution in [0.3, 0.4) is 0 Å². The van der Waals surface area contributed by atoms with Gasteiger partial charge in [0.2, 0.25) is 0 Å². The minimum atomic E-state index is 0.729. The molecule has 17 heavy (non-hydrogen) atoms. The van der Waals surface area contributed by atoms with Crippen molar-refractivity contribution in [2.75, 3.05) is 13.1 Å². The Morgan fingerprint density at radius 3 is 2.82 bits per heavy atom. The highest BCUT2D eigenvalue weighted by molar-refractivity contribution is 9.10. The van der Waals surface area contributed by atoms with E-state index in [1.807, 2.05) is 0 Å². The van der Waals surface area contributed by atoms with E-state index < -0.39 is 0 Å². The van der Waals surface area contributed by atoms with E-state index in [4.69, 9.17) is 0 Å². The lowest BCUT2D eigenvalue weighted by Gasteiger charge is -2.26. The van der Waals surface area contributed by atoms with Crippen LogP contribution in [0.25, 0.3) is 0 Å². The van der Waals surface area contributed by atoms with Crippen molar-refractivity contribution in [1.82, 2.24) is 5.32 Å². The van der Waals surface area contributed by atoms with E-state index in [1.54, 1.807) is 16.7 Å². The van der Waals surface area contributed by atoms with E-state index in [9.17, 15) is 0 Å². The van der Waals surface area contributed by atoms with Gasteiger partial charge in [-0.3, -0.25) is 0 Å². The van der Waals surface area contributed by atoms with Crippen LogP contribution in [-0.4, -0.2) is 13.1 Å². The first-order chi connectivity index (χ1) is 8.34. The van der Waals surface area contributed by atoms with Crippen molar-refractivity contribution in [1.29, 1.82) is 0 Å². The van der Waals surface area contributed by atoms with Crippen LogP contribution in [0, 0.1) is 0 Å². The van der Waals surface area contributed by atoms with Gasteiger partial charge in [0.05, 0.1) is 0 Å². The fourth-order valence-corrected chi connectivity index (χ4v) is 3.93. The molecule has 1 fully saturated rings. The molecule has 1 atom stereocenters. The molecular weight excluding hydrogens is 274 g/mol. The molecule has 92 valence electrons. The molecule has 1 aromatic rings. The van der Waals surface area contributed by atoms with Gasteiger partial charge in [0.15, 0.2) is 0 Å². The van der Waals surface area contributed by atoms with Crippen LogP contribution in [-0.2, 0) is 12.8 Å². The van der Waals surface area contributed by atoms with Gasteiger partial charge in [0.25, 0.3) is 0 Å². The van der Waals surface area contributed by atoms with Gasteiger partial charge in [-0.25, -0.2) is 0 Å². The molecular formula is C15H20BrN. The van der Waals surface area contributed by atoms with Crippen molar-refractivity contribution in [2.24, 2.45) is 0 Å². The van der Waals surface area contributed by atoms with Crippen molar-refractivity contribution < 1.29 is 0 Å². The second kappa shape index (κ2) is 5.11. The van der Waals surface area contributed by atoms with E-state index in [-0.39, 0.29) is 0 Å². The molecule has 0 spiro atoms. The zero-order valence-corrected chi connectivity index (χ0v) is 11.9. The first-order valence-electron chi connectivity index (χ1n) is 6.86. The third kappa shape index (κ3) is 2.43. The third-order valence-corrected chi connectivity index (χ3v) is 4.91. The normalized spacial score (nSPS) is 24.4. The molecule has 1 aliphatic carbocycles. The summed E-state index contributed by atoms with van der Waals surface area (Å²) in [5.74, 6) is 0.729. The molecule has 2 aliphatic rings. The fourth-order valence-electron chi connectivity index (χ4n) is 3.21. The van der Waals surface area contributed by atoms with Gasteiger partial charge in [-0.05, 0) is 73.7 Å². The minimum absolute atomic E-state index is 0.729.